The Morgan fingerprint density at radius 3 is 2.12 bits per heavy atom. The maximum atomic E-state index is 12.9. The minimum absolute atomic E-state index is 0.176. The van der Waals surface area contributed by atoms with Crippen LogP contribution in [0.15, 0.2) is 16.3 Å². The van der Waals surface area contributed by atoms with Gasteiger partial charge in [-0.2, -0.15) is 0 Å². The molecule has 0 unspecified atom stereocenters. The fraction of sp³-hybridized carbons (Fsp3) is 0.409. The second-order valence-corrected chi connectivity index (χ2v) is 10.1. The van der Waals surface area contributed by atoms with Gasteiger partial charge < -0.3 is 14.8 Å². The fourth-order valence-corrected chi connectivity index (χ4v) is 5.68. The highest BCUT2D eigenvalue weighted by molar-refractivity contribution is 7.89. The zero-order chi connectivity index (χ0) is 24.9. The van der Waals surface area contributed by atoms with Crippen LogP contribution in [0.2, 0.25) is 0 Å². The number of sulfonamides is 1. The van der Waals surface area contributed by atoms with Crippen molar-refractivity contribution in [3.8, 4) is 0 Å². The van der Waals surface area contributed by atoms with Crippen LogP contribution < -0.4 is 10.0 Å². The highest BCUT2D eigenvalue weighted by Crippen LogP contribution is 2.29. The van der Waals surface area contributed by atoms with Gasteiger partial charge in [-0.15, -0.1) is 11.3 Å². The first-order valence-corrected chi connectivity index (χ1v) is 12.4. The van der Waals surface area contributed by atoms with E-state index in [0.29, 0.717) is 11.1 Å². The SMILES string of the molecule is COC(=O)c1sccc1NC(=O)COC(=O)CCNS(=O)(=O)c1c(C)c(C)c(C)c(C)c1C. The van der Waals surface area contributed by atoms with Gasteiger partial charge in [0.2, 0.25) is 10.0 Å². The highest BCUT2D eigenvalue weighted by Gasteiger charge is 2.24. The summed E-state index contributed by atoms with van der Waals surface area (Å²) in [4.78, 5) is 36.1. The number of ether oxygens (including phenoxy) is 2. The van der Waals surface area contributed by atoms with Crippen molar-refractivity contribution in [2.75, 3.05) is 25.6 Å². The number of carbonyl (C=O) groups excluding carboxylic acids is 3. The van der Waals surface area contributed by atoms with Crippen molar-refractivity contribution >= 4 is 44.9 Å². The van der Waals surface area contributed by atoms with Gasteiger partial charge in [0.1, 0.15) is 4.88 Å². The summed E-state index contributed by atoms with van der Waals surface area (Å²) in [6.07, 6.45) is -0.250. The molecule has 1 heterocycles. The summed E-state index contributed by atoms with van der Waals surface area (Å²) < 4.78 is 37.7. The Morgan fingerprint density at radius 2 is 1.55 bits per heavy atom. The van der Waals surface area contributed by atoms with E-state index in [1.165, 1.54) is 13.2 Å². The van der Waals surface area contributed by atoms with Crippen LogP contribution in [0.25, 0.3) is 0 Å². The van der Waals surface area contributed by atoms with Gasteiger partial charge >= 0.3 is 11.9 Å². The number of thiophene rings is 1. The quantitative estimate of drug-likeness (QED) is 0.511. The molecule has 2 rings (SSSR count). The maximum absolute atomic E-state index is 12.9. The molecular weight excluding hydrogens is 468 g/mol. The molecule has 0 fully saturated rings. The third-order valence-corrected chi connectivity index (χ3v) is 8.12. The van der Waals surface area contributed by atoms with Gasteiger partial charge in [-0.3, -0.25) is 9.59 Å². The smallest absolute Gasteiger partial charge is 0.350 e. The lowest BCUT2D eigenvalue weighted by molar-refractivity contribution is -0.147. The molecule has 180 valence electrons. The minimum Gasteiger partial charge on any atom is -0.465 e. The van der Waals surface area contributed by atoms with E-state index in [2.05, 4.69) is 14.8 Å². The number of esters is 2. The van der Waals surface area contributed by atoms with Gasteiger partial charge in [-0.05, 0) is 73.9 Å². The molecule has 0 radical (unpaired) electrons. The van der Waals surface area contributed by atoms with Crippen molar-refractivity contribution in [3.05, 3.63) is 44.1 Å². The van der Waals surface area contributed by atoms with Crippen molar-refractivity contribution in [2.24, 2.45) is 0 Å². The minimum atomic E-state index is -3.84. The number of methoxy groups -OCH3 is 1. The highest BCUT2D eigenvalue weighted by atomic mass is 32.2. The average Bonchev–Trinajstić information content (AvgIpc) is 3.22. The van der Waals surface area contributed by atoms with Crippen LogP contribution in [0.4, 0.5) is 5.69 Å². The van der Waals surface area contributed by atoms with Gasteiger partial charge in [0.05, 0.1) is 24.1 Å². The molecule has 0 spiro atoms. The van der Waals surface area contributed by atoms with Crippen molar-refractivity contribution in [3.63, 3.8) is 0 Å². The third-order valence-electron chi connectivity index (χ3n) is 5.50. The fourth-order valence-electron chi connectivity index (χ4n) is 3.29. The van der Waals surface area contributed by atoms with Gasteiger partial charge in [0, 0.05) is 6.54 Å². The van der Waals surface area contributed by atoms with Gasteiger partial charge in [-0.25, -0.2) is 17.9 Å². The molecule has 0 aliphatic rings. The van der Waals surface area contributed by atoms with E-state index >= 15 is 0 Å². The Morgan fingerprint density at radius 1 is 0.970 bits per heavy atom. The van der Waals surface area contributed by atoms with Crippen LogP contribution in [0, 0.1) is 34.6 Å². The number of rotatable bonds is 9. The number of hydrogen-bond acceptors (Lipinski definition) is 8. The monoisotopic (exact) mass is 496 g/mol. The van der Waals surface area contributed by atoms with E-state index < -0.39 is 34.5 Å². The van der Waals surface area contributed by atoms with Crippen molar-refractivity contribution in [2.45, 2.75) is 45.9 Å². The van der Waals surface area contributed by atoms with Crippen molar-refractivity contribution < 1.29 is 32.3 Å². The summed E-state index contributed by atoms with van der Waals surface area (Å²) in [5, 5.41) is 4.08. The molecule has 2 aromatic rings. The number of hydrogen-bond donors (Lipinski definition) is 2. The summed E-state index contributed by atoms with van der Waals surface area (Å²) in [6.45, 7) is 8.48. The van der Waals surface area contributed by atoms with E-state index in [1.807, 2.05) is 20.8 Å². The number of carbonyl (C=O) groups is 3. The normalized spacial score (nSPS) is 11.2. The van der Waals surface area contributed by atoms with Crippen LogP contribution in [-0.2, 0) is 29.1 Å². The van der Waals surface area contributed by atoms with E-state index in [9.17, 15) is 22.8 Å². The Labute approximate surface area is 197 Å². The predicted octanol–water partition coefficient (Wildman–Crippen LogP) is 2.93. The molecule has 0 aliphatic heterocycles. The predicted molar refractivity (Wildman–Crippen MR) is 125 cm³/mol. The van der Waals surface area contributed by atoms with Gasteiger partial charge in [0.25, 0.3) is 5.91 Å². The molecule has 1 amide bonds. The maximum Gasteiger partial charge on any atom is 0.350 e. The molecule has 0 aliphatic carbocycles. The zero-order valence-corrected chi connectivity index (χ0v) is 21.1. The Hall–Kier alpha value is -2.76. The van der Waals surface area contributed by atoms with Crippen LogP contribution in [0.3, 0.4) is 0 Å². The first-order valence-electron chi connectivity index (χ1n) is 10.1. The van der Waals surface area contributed by atoms with Crippen LogP contribution in [0.5, 0.6) is 0 Å². The largest absolute Gasteiger partial charge is 0.465 e. The standard InChI is InChI=1S/C22H28N2O7S2/c1-12-13(2)15(4)21(16(5)14(12)3)33(28,29)23-9-7-19(26)31-11-18(25)24-17-8-10-32-20(17)22(27)30-6/h8,10,23H,7,9,11H2,1-6H3,(H,24,25). The number of anilines is 1. The number of amides is 1. The Bertz CT molecular complexity index is 1150. The second kappa shape index (κ2) is 10.9. The van der Waals surface area contributed by atoms with Crippen LogP contribution in [-0.4, -0.2) is 46.5 Å². The van der Waals surface area contributed by atoms with E-state index in [4.69, 9.17) is 4.74 Å². The summed E-state index contributed by atoms with van der Waals surface area (Å²) in [6, 6.07) is 1.53. The molecule has 1 aromatic heterocycles. The Kier molecular flexibility index (Phi) is 8.76. The van der Waals surface area contributed by atoms with Gasteiger partial charge in [0.15, 0.2) is 6.61 Å². The third kappa shape index (κ3) is 6.18. The lowest BCUT2D eigenvalue weighted by Gasteiger charge is -2.19. The van der Waals surface area contributed by atoms with E-state index in [0.717, 1.165) is 28.0 Å². The van der Waals surface area contributed by atoms with E-state index in [1.54, 1.807) is 19.2 Å². The molecular formula is C22H28N2O7S2. The van der Waals surface area contributed by atoms with Crippen LogP contribution >= 0.6 is 11.3 Å². The lowest BCUT2D eigenvalue weighted by atomic mass is 9.95. The topological polar surface area (TPSA) is 128 Å². The van der Waals surface area contributed by atoms with Crippen LogP contribution in [0.1, 0.15) is 43.9 Å². The number of nitrogens with one attached hydrogen (secondary N) is 2. The molecule has 0 saturated carbocycles. The molecule has 2 N–H and O–H groups in total. The zero-order valence-electron chi connectivity index (χ0n) is 19.5. The first kappa shape index (κ1) is 26.5. The molecule has 33 heavy (non-hydrogen) atoms. The molecule has 0 atom stereocenters. The average molecular weight is 497 g/mol. The summed E-state index contributed by atoms with van der Waals surface area (Å²) in [7, 11) is -2.61. The van der Waals surface area contributed by atoms with E-state index in [-0.39, 0.29) is 28.4 Å². The Balaban J connectivity index is 1.90. The summed E-state index contributed by atoms with van der Waals surface area (Å²) in [5.74, 6) is -1.96. The second-order valence-electron chi connectivity index (χ2n) is 7.47. The van der Waals surface area contributed by atoms with Gasteiger partial charge in [-0.1, -0.05) is 0 Å². The molecule has 1 aromatic carbocycles. The molecule has 11 heteroatoms. The van der Waals surface area contributed by atoms with Crippen molar-refractivity contribution in [1.82, 2.24) is 4.72 Å². The summed E-state index contributed by atoms with van der Waals surface area (Å²) in [5.41, 5.74) is 4.46. The molecule has 0 bridgehead atoms. The summed E-state index contributed by atoms with van der Waals surface area (Å²) >= 11 is 1.10. The number of benzene rings is 1. The van der Waals surface area contributed by atoms with Crippen molar-refractivity contribution in [1.29, 1.82) is 0 Å². The lowest BCUT2D eigenvalue weighted by Crippen LogP contribution is -2.29. The molecule has 9 nitrogen and oxygen atoms in total. The molecule has 0 saturated heterocycles. The first-order chi connectivity index (χ1) is 15.4.